The van der Waals surface area contributed by atoms with Crippen molar-refractivity contribution in [2.24, 2.45) is 4.74 Å². The summed E-state index contributed by atoms with van der Waals surface area (Å²) in [6.45, 7) is 25.8. The number of nitrogens with zero attached hydrogens (tertiary/aromatic N) is 1. The molecule has 1 aromatic rings. The molecule has 0 fully saturated rings. The van der Waals surface area contributed by atoms with E-state index in [1.54, 1.807) is 6.08 Å². The first-order chi connectivity index (χ1) is 16.4. The van der Waals surface area contributed by atoms with Crippen LogP contribution in [0.3, 0.4) is 0 Å². The van der Waals surface area contributed by atoms with E-state index in [2.05, 4.69) is 99.3 Å². The average molecular weight is 544 g/mol. The van der Waals surface area contributed by atoms with Crippen LogP contribution < -0.4 is 0 Å². The fraction of sp³-hybridized carbons (Fsp3) is 0.576. The third kappa shape index (κ3) is 8.86. The van der Waals surface area contributed by atoms with E-state index in [9.17, 15) is 0 Å². The second-order valence-electron chi connectivity index (χ2n) is 11.7. The fourth-order valence-electron chi connectivity index (χ4n) is 6.63. The van der Waals surface area contributed by atoms with E-state index in [0.717, 1.165) is 6.42 Å². The van der Waals surface area contributed by atoms with Crippen LogP contribution in [0.1, 0.15) is 113 Å². The maximum absolute atomic E-state index is 5.79. The predicted octanol–water partition coefficient (Wildman–Crippen LogP) is 11.7. The standard InChI is InChI=1S/C23H44NP.C10H10.Ti/c1-10-17-21(4,5)25(22(6,7)18-11-2,23(8,9)19-12-3)24-20-15-13-14-16-20;1-2-3-7-10-8-5-4-6-9-10;/h13-15H,10-12,16-19H2,1-9H3;2-9H,1H2;. The zero-order valence-corrected chi connectivity index (χ0v) is 27.4. The molecule has 0 unspecified atom stereocenters. The molecular weight excluding hydrogens is 489 g/mol. The Hall–Kier alpha value is -0.876. The van der Waals surface area contributed by atoms with Gasteiger partial charge in [-0.15, -0.1) is 0 Å². The van der Waals surface area contributed by atoms with E-state index in [0.29, 0.717) is 0 Å². The Labute approximate surface area is 240 Å². The Bertz CT molecular complexity index is 864. The number of benzene rings is 1. The molecule has 0 aliphatic heterocycles. The molecule has 0 aromatic heterocycles. The summed E-state index contributed by atoms with van der Waals surface area (Å²) in [5.41, 5.74) is 2.54. The minimum absolute atomic E-state index is 0. The van der Waals surface area contributed by atoms with Gasteiger partial charge in [0.2, 0.25) is 0 Å². The minimum Gasteiger partial charge on any atom is -0.270 e. The molecule has 0 radical (unpaired) electrons. The second-order valence-corrected chi connectivity index (χ2v) is 16.8. The molecule has 36 heavy (non-hydrogen) atoms. The van der Waals surface area contributed by atoms with Crippen LogP contribution in [-0.4, -0.2) is 15.5 Å². The van der Waals surface area contributed by atoms with E-state index in [-0.39, 0.29) is 37.2 Å². The average Bonchev–Trinajstić information content (AvgIpc) is 3.30. The molecular formula is C33H54NPTi. The molecule has 1 nitrogen and oxygen atoms in total. The molecule has 3 heteroatoms. The van der Waals surface area contributed by atoms with Crippen LogP contribution in [0.2, 0.25) is 0 Å². The molecule has 0 heterocycles. The molecule has 2 rings (SSSR count). The van der Waals surface area contributed by atoms with Gasteiger partial charge in [-0.05, 0) is 38.0 Å². The van der Waals surface area contributed by atoms with Gasteiger partial charge in [0.05, 0.1) is 0 Å². The van der Waals surface area contributed by atoms with Crippen LogP contribution in [0.4, 0.5) is 0 Å². The first-order valence-corrected chi connectivity index (χ1v) is 15.5. The summed E-state index contributed by atoms with van der Waals surface area (Å²) in [4.78, 5) is 0. The van der Waals surface area contributed by atoms with Gasteiger partial charge in [0.25, 0.3) is 0 Å². The molecule has 0 N–H and O–H groups in total. The van der Waals surface area contributed by atoms with Crippen molar-refractivity contribution in [2.45, 2.75) is 123 Å². The number of hydrogen-bond acceptors (Lipinski definition) is 1. The molecule has 1 aliphatic carbocycles. The Morgan fingerprint density at radius 1 is 0.833 bits per heavy atom. The Balaban J connectivity index is 0.000000930. The molecule has 0 bridgehead atoms. The number of allylic oxidation sites excluding steroid dienone is 5. The van der Waals surface area contributed by atoms with Gasteiger partial charge in [-0.3, -0.25) is 4.74 Å². The fourth-order valence-corrected chi connectivity index (χ4v) is 14.5. The first-order valence-electron chi connectivity index (χ1n) is 13.8. The normalized spacial score (nSPS) is 14.1. The van der Waals surface area contributed by atoms with Gasteiger partial charge in [0, 0.05) is 49.3 Å². The maximum Gasteiger partial charge on any atom is 0.0425 e. The van der Waals surface area contributed by atoms with Gasteiger partial charge in [-0.1, -0.05) is 149 Å². The summed E-state index contributed by atoms with van der Waals surface area (Å²) < 4.78 is 5.79. The topological polar surface area (TPSA) is 12.4 Å². The SMILES string of the molecule is C=CC=Cc1ccccc1.CCCC(C)(C)P(=NC1=CC=CC1)(C(C)(C)CCC)C(C)(C)CCC.[Ti]. The van der Waals surface area contributed by atoms with Gasteiger partial charge in [-0.25, -0.2) is 0 Å². The monoisotopic (exact) mass is 543 g/mol. The number of hydrogen-bond donors (Lipinski definition) is 0. The summed E-state index contributed by atoms with van der Waals surface area (Å²) in [5, 5.41) is 0.799. The van der Waals surface area contributed by atoms with Gasteiger partial charge >= 0.3 is 0 Å². The molecule has 0 saturated heterocycles. The van der Waals surface area contributed by atoms with E-state index in [4.69, 9.17) is 4.74 Å². The van der Waals surface area contributed by atoms with Crippen LogP contribution >= 0.6 is 7.05 Å². The Kier molecular flexibility index (Phi) is 15.8. The van der Waals surface area contributed by atoms with Gasteiger partial charge in [0.1, 0.15) is 0 Å². The van der Waals surface area contributed by atoms with Crippen molar-refractivity contribution in [3.05, 3.63) is 78.6 Å². The summed E-state index contributed by atoms with van der Waals surface area (Å²) in [5.74, 6) is 0. The summed E-state index contributed by atoms with van der Waals surface area (Å²) in [6.07, 6.45) is 21.0. The summed E-state index contributed by atoms with van der Waals surface area (Å²) in [6, 6.07) is 10.1. The molecule has 1 aromatic carbocycles. The van der Waals surface area contributed by atoms with Crippen molar-refractivity contribution in [3.8, 4) is 0 Å². The largest absolute Gasteiger partial charge is 0.270 e. The Morgan fingerprint density at radius 2 is 1.31 bits per heavy atom. The quantitative estimate of drug-likeness (QED) is 0.141. The van der Waals surface area contributed by atoms with Crippen LogP contribution in [0.5, 0.6) is 0 Å². The van der Waals surface area contributed by atoms with E-state index >= 15 is 0 Å². The smallest absolute Gasteiger partial charge is 0.0425 e. The van der Waals surface area contributed by atoms with Crippen LogP contribution in [-0.2, 0) is 21.7 Å². The predicted molar refractivity (Wildman–Crippen MR) is 164 cm³/mol. The Morgan fingerprint density at radius 3 is 1.67 bits per heavy atom. The second kappa shape index (κ2) is 16.2. The maximum atomic E-state index is 5.79. The molecule has 0 spiro atoms. The van der Waals surface area contributed by atoms with E-state index in [1.165, 1.54) is 49.8 Å². The van der Waals surface area contributed by atoms with Gasteiger partial charge in [-0.2, -0.15) is 0 Å². The first kappa shape index (κ1) is 35.1. The molecule has 0 atom stereocenters. The zero-order valence-electron chi connectivity index (χ0n) is 24.9. The van der Waals surface area contributed by atoms with Crippen molar-refractivity contribution in [2.75, 3.05) is 0 Å². The third-order valence-electron chi connectivity index (χ3n) is 7.47. The molecule has 1 aliphatic rings. The van der Waals surface area contributed by atoms with Crippen molar-refractivity contribution >= 4 is 13.1 Å². The van der Waals surface area contributed by atoms with Crippen molar-refractivity contribution < 1.29 is 21.7 Å². The van der Waals surface area contributed by atoms with E-state index < -0.39 is 7.05 Å². The van der Waals surface area contributed by atoms with Gasteiger partial charge < -0.3 is 0 Å². The summed E-state index contributed by atoms with van der Waals surface area (Å²) >= 11 is 0. The molecule has 200 valence electrons. The number of rotatable bonds is 12. The van der Waals surface area contributed by atoms with Crippen molar-refractivity contribution in [3.63, 3.8) is 0 Å². The van der Waals surface area contributed by atoms with Crippen LogP contribution in [0, 0.1) is 0 Å². The molecule has 0 saturated carbocycles. The van der Waals surface area contributed by atoms with Crippen LogP contribution in [0.15, 0.2) is 77.7 Å². The third-order valence-corrected chi connectivity index (χ3v) is 14.0. The van der Waals surface area contributed by atoms with Gasteiger partial charge in [0.15, 0.2) is 0 Å². The zero-order chi connectivity index (χ0) is 26.6. The minimum atomic E-state index is -1.69. The van der Waals surface area contributed by atoms with Crippen LogP contribution in [0.25, 0.3) is 6.08 Å². The molecule has 0 amide bonds. The van der Waals surface area contributed by atoms with Crippen molar-refractivity contribution in [1.82, 2.24) is 0 Å². The summed E-state index contributed by atoms with van der Waals surface area (Å²) in [7, 11) is -1.69. The van der Waals surface area contributed by atoms with Crippen molar-refractivity contribution in [1.29, 1.82) is 0 Å². The van der Waals surface area contributed by atoms with E-state index in [1.807, 2.05) is 30.4 Å².